The average molecular weight is 360 g/mol. The van der Waals surface area contributed by atoms with Crippen molar-refractivity contribution in [2.24, 2.45) is 5.92 Å². The number of hydrogen-bond donors (Lipinski definition) is 2. The van der Waals surface area contributed by atoms with E-state index in [2.05, 4.69) is 26.1 Å². The third-order valence-electron chi connectivity index (χ3n) is 4.26. The Morgan fingerprint density at radius 2 is 2.05 bits per heavy atom. The number of phenols is 1. The van der Waals surface area contributed by atoms with Crippen molar-refractivity contribution in [1.82, 2.24) is 10.2 Å². The Kier molecular flexibility index (Phi) is 4.55. The molecule has 2 N–H and O–H groups in total. The van der Waals surface area contributed by atoms with Crippen LogP contribution in [0, 0.1) is 5.92 Å². The van der Waals surface area contributed by atoms with Gasteiger partial charge in [-0.1, -0.05) is 40.4 Å². The van der Waals surface area contributed by atoms with E-state index in [9.17, 15) is 5.11 Å². The maximum atomic E-state index is 10.4. The molecule has 0 aromatic heterocycles. The van der Waals surface area contributed by atoms with Gasteiger partial charge >= 0.3 is 0 Å². The average Bonchev–Trinajstić information content (AvgIpc) is 3.25. The van der Waals surface area contributed by atoms with Gasteiger partial charge in [-0.2, -0.15) is 0 Å². The van der Waals surface area contributed by atoms with Crippen molar-refractivity contribution in [2.75, 3.05) is 26.2 Å². The van der Waals surface area contributed by atoms with Crippen LogP contribution in [0.4, 0.5) is 0 Å². The summed E-state index contributed by atoms with van der Waals surface area (Å²) < 4.78 is 0.936. The summed E-state index contributed by atoms with van der Waals surface area (Å²) in [6.45, 7) is 4.09. The molecule has 1 atom stereocenters. The number of nitrogens with one attached hydrogen (secondary N) is 1. The summed E-state index contributed by atoms with van der Waals surface area (Å²) in [7, 11) is 0. The van der Waals surface area contributed by atoms with Gasteiger partial charge in [-0.3, -0.25) is 4.90 Å². The molecule has 1 aromatic carbocycles. The first kappa shape index (κ1) is 14.6. The zero-order valence-corrected chi connectivity index (χ0v) is 13.8. The van der Waals surface area contributed by atoms with Crippen molar-refractivity contribution < 1.29 is 5.11 Å². The fourth-order valence-corrected chi connectivity index (χ4v) is 3.81. The molecule has 2 fully saturated rings. The lowest BCUT2D eigenvalue weighted by Gasteiger charge is -2.36. The van der Waals surface area contributed by atoms with Gasteiger partial charge in [0.25, 0.3) is 0 Å². The minimum Gasteiger partial charge on any atom is -0.506 e. The minimum absolute atomic E-state index is 0.249. The SMILES string of the molecule is Oc1c(Cl)cc(Br)cc1[C@@H](CC1CC1)N1CCNCC1. The monoisotopic (exact) mass is 358 g/mol. The highest BCUT2D eigenvalue weighted by Gasteiger charge is 2.32. The van der Waals surface area contributed by atoms with Crippen LogP contribution >= 0.6 is 27.5 Å². The zero-order chi connectivity index (χ0) is 14.1. The van der Waals surface area contributed by atoms with Gasteiger partial charge in [0.2, 0.25) is 0 Å². The van der Waals surface area contributed by atoms with E-state index in [1.165, 1.54) is 12.8 Å². The second-order valence-corrected chi connectivity index (χ2v) is 7.13. The Morgan fingerprint density at radius 1 is 1.35 bits per heavy atom. The fraction of sp³-hybridized carbons (Fsp3) is 0.600. The van der Waals surface area contributed by atoms with E-state index in [1.54, 1.807) is 6.07 Å². The predicted octanol–water partition coefficient (Wildman–Crippen LogP) is 3.55. The number of rotatable bonds is 4. The van der Waals surface area contributed by atoms with Crippen molar-refractivity contribution in [1.29, 1.82) is 0 Å². The predicted molar refractivity (Wildman–Crippen MR) is 85.3 cm³/mol. The summed E-state index contributed by atoms with van der Waals surface area (Å²) in [5, 5.41) is 14.2. The molecule has 1 aliphatic carbocycles. The molecule has 0 spiro atoms. The standard InChI is InChI=1S/C15H20BrClN2O/c16-11-8-12(15(20)13(17)9-11)14(7-10-1-2-10)19-5-3-18-4-6-19/h8-10,14,18,20H,1-7H2/t14-/m1/s1. The summed E-state index contributed by atoms with van der Waals surface area (Å²) >= 11 is 9.64. The molecule has 1 aromatic rings. The van der Waals surface area contributed by atoms with Crippen LogP contribution in [0.5, 0.6) is 5.75 Å². The second kappa shape index (κ2) is 6.22. The number of phenolic OH excluding ortho intramolecular Hbond substituents is 1. The molecule has 2 aliphatic rings. The number of piperazine rings is 1. The van der Waals surface area contributed by atoms with Crippen LogP contribution in [0.2, 0.25) is 5.02 Å². The van der Waals surface area contributed by atoms with Gasteiger partial charge in [0.15, 0.2) is 0 Å². The first-order chi connectivity index (χ1) is 9.65. The van der Waals surface area contributed by atoms with Crippen LogP contribution in [0.1, 0.15) is 30.9 Å². The Hall–Kier alpha value is -0.290. The van der Waals surface area contributed by atoms with Crippen LogP contribution in [0.15, 0.2) is 16.6 Å². The second-order valence-electron chi connectivity index (χ2n) is 5.81. The Labute approximate surface area is 133 Å². The molecular weight excluding hydrogens is 340 g/mol. The van der Waals surface area contributed by atoms with Gasteiger partial charge in [-0.15, -0.1) is 0 Å². The Balaban J connectivity index is 1.90. The van der Waals surface area contributed by atoms with Crippen LogP contribution in [0.3, 0.4) is 0 Å². The fourth-order valence-electron chi connectivity index (χ4n) is 2.98. The Morgan fingerprint density at radius 3 is 2.70 bits per heavy atom. The first-order valence-electron chi connectivity index (χ1n) is 7.28. The third-order valence-corrected chi connectivity index (χ3v) is 5.01. The van der Waals surface area contributed by atoms with Gasteiger partial charge in [-0.05, 0) is 24.5 Å². The molecule has 1 heterocycles. The number of nitrogens with zero attached hydrogens (tertiary/aromatic N) is 1. The number of benzene rings is 1. The molecule has 1 saturated heterocycles. The van der Waals surface area contributed by atoms with Crippen LogP contribution in [0.25, 0.3) is 0 Å². The van der Waals surface area contributed by atoms with E-state index in [0.29, 0.717) is 5.02 Å². The van der Waals surface area contributed by atoms with Crippen molar-refractivity contribution >= 4 is 27.5 Å². The zero-order valence-electron chi connectivity index (χ0n) is 11.4. The Bertz CT molecular complexity index is 487. The van der Waals surface area contributed by atoms with Crippen molar-refractivity contribution in [2.45, 2.75) is 25.3 Å². The van der Waals surface area contributed by atoms with E-state index in [1.807, 2.05) is 6.07 Å². The van der Waals surface area contributed by atoms with Gasteiger partial charge < -0.3 is 10.4 Å². The molecule has 3 rings (SSSR count). The van der Waals surface area contributed by atoms with Crippen molar-refractivity contribution in [3.63, 3.8) is 0 Å². The quantitative estimate of drug-likeness (QED) is 0.863. The maximum absolute atomic E-state index is 10.4. The van der Waals surface area contributed by atoms with Gasteiger partial charge in [0.05, 0.1) is 5.02 Å². The highest BCUT2D eigenvalue weighted by molar-refractivity contribution is 9.10. The summed E-state index contributed by atoms with van der Waals surface area (Å²) in [5.74, 6) is 1.06. The van der Waals surface area contributed by atoms with Crippen LogP contribution in [-0.4, -0.2) is 36.2 Å². The smallest absolute Gasteiger partial charge is 0.139 e. The number of halogens is 2. The summed E-state index contributed by atoms with van der Waals surface area (Å²) in [4.78, 5) is 2.48. The van der Waals surface area contributed by atoms with E-state index in [-0.39, 0.29) is 11.8 Å². The number of hydrogen-bond acceptors (Lipinski definition) is 3. The van der Waals surface area contributed by atoms with Crippen molar-refractivity contribution in [3.05, 3.63) is 27.2 Å². The summed E-state index contributed by atoms with van der Waals surface area (Å²) in [6.07, 6.45) is 3.77. The third kappa shape index (κ3) is 3.30. The lowest BCUT2D eigenvalue weighted by molar-refractivity contribution is 0.158. The molecular formula is C15H20BrClN2O. The molecule has 0 bridgehead atoms. The summed E-state index contributed by atoms with van der Waals surface area (Å²) in [5.41, 5.74) is 0.971. The van der Waals surface area contributed by atoms with Crippen LogP contribution < -0.4 is 5.32 Å². The van der Waals surface area contributed by atoms with Crippen LogP contribution in [-0.2, 0) is 0 Å². The molecule has 1 aliphatic heterocycles. The number of aromatic hydroxyl groups is 1. The highest BCUT2D eigenvalue weighted by Crippen LogP contribution is 2.44. The molecule has 3 nitrogen and oxygen atoms in total. The normalized spacial score (nSPS) is 21.9. The topological polar surface area (TPSA) is 35.5 Å². The molecule has 5 heteroatoms. The lowest BCUT2D eigenvalue weighted by Crippen LogP contribution is -2.45. The molecule has 1 saturated carbocycles. The van der Waals surface area contributed by atoms with Crippen molar-refractivity contribution in [3.8, 4) is 5.75 Å². The maximum Gasteiger partial charge on any atom is 0.139 e. The molecule has 0 amide bonds. The molecule has 0 unspecified atom stereocenters. The minimum atomic E-state index is 0.249. The van der Waals surface area contributed by atoms with Gasteiger partial charge in [-0.25, -0.2) is 0 Å². The highest BCUT2D eigenvalue weighted by atomic mass is 79.9. The van der Waals surface area contributed by atoms with Gasteiger partial charge in [0.1, 0.15) is 5.75 Å². The van der Waals surface area contributed by atoms with E-state index in [0.717, 1.165) is 48.6 Å². The summed E-state index contributed by atoms with van der Waals surface area (Å²) in [6, 6.07) is 4.06. The molecule has 0 radical (unpaired) electrons. The van der Waals surface area contributed by atoms with Gasteiger partial charge in [0, 0.05) is 42.3 Å². The molecule has 110 valence electrons. The van der Waals surface area contributed by atoms with E-state index in [4.69, 9.17) is 11.6 Å². The van der Waals surface area contributed by atoms with E-state index < -0.39 is 0 Å². The largest absolute Gasteiger partial charge is 0.506 e. The van der Waals surface area contributed by atoms with E-state index >= 15 is 0 Å². The first-order valence-corrected chi connectivity index (χ1v) is 8.45. The molecule has 20 heavy (non-hydrogen) atoms. The lowest BCUT2D eigenvalue weighted by atomic mass is 9.97.